The standard InChI is InChI=1S/C19H26N2O2/c1-14-5-2-3-6-15(14)10-11-20-18(22)17-7-4-12-21(13-17)19(23)16-8-9-16/h2-3,5-6,16-17H,4,7-13H2,1H3,(H,20,22). The van der Waals surface area contributed by atoms with Crippen molar-refractivity contribution in [3.8, 4) is 0 Å². The van der Waals surface area contributed by atoms with Gasteiger partial charge in [0.1, 0.15) is 0 Å². The van der Waals surface area contributed by atoms with Crippen molar-refractivity contribution in [2.75, 3.05) is 19.6 Å². The summed E-state index contributed by atoms with van der Waals surface area (Å²) in [7, 11) is 0. The van der Waals surface area contributed by atoms with Gasteiger partial charge in [0.15, 0.2) is 0 Å². The maximum atomic E-state index is 12.4. The Balaban J connectivity index is 1.46. The highest BCUT2D eigenvalue weighted by Gasteiger charge is 2.36. The summed E-state index contributed by atoms with van der Waals surface area (Å²) in [6.45, 7) is 4.18. The number of nitrogens with zero attached hydrogens (tertiary/aromatic N) is 1. The third-order valence-corrected chi connectivity index (χ3v) is 4.99. The largest absolute Gasteiger partial charge is 0.355 e. The lowest BCUT2D eigenvalue weighted by molar-refractivity contribution is -0.136. The van der Waals surface area contributed by atoms with Crippen LogP contribution in [0.2, 0.25) is 0 Å². The summed E-state index contributed by atoms with van der Waals surface area (Å²) >= 11 is 0. The van der Waals surface area contributed by atoms with Crippen LogP contribution < -0.4 is 5.32 Å². The normalized spacial score (nSPS) is 21.1. The molecule has 0 aromatic heterocycles. The molecule has 2 amide bonds. The van der Waals surface area contributed by atoms with E-state index in [1.54, 1.807) is 0 Å². The molecule has 1 atom stereocenters. The van der Waals surface area contributed by atoms with Gasteiger partial charge in [0.2, 0.25) is 11.8 Å². The van der Waals surface area contributed by atoms with Gasteiger partial charge >= 0.3 is 0 Å². The second-order valence-electron chi connectivity index (χ2n) is 6.87. The first-order chi connectivity index (χ1) is 11.1. The third kappa shape index (κ3) is 4.12. The molecule has 124 valence electrons. The molecule has 23 heavy (non-hydrogen) atoms. The molecule has 0 bridgehead atoms. The average Bonchev–Trinajstić information content (AvgIpc) is 3.41. The van der Waals surface area contributed by atoms with Gasteiger partial charge in [-0.25, -0.2) is 0 Å². The van der Waals surface area contributed by atoms with E-state index in [1.165, 1.54) is 11.1 Å². The Morgan fingerprint density at radius 1 is 1.17 bits per heavy atom. The number of rotatable bonds is 5. The molecule has 1 saturated heterocycles. The zero-order valence-electron chi connectivity index (χ0n) is 13.9. The van der Waals surface area contributed by atoms with Crippen molar-refractivity contribution in [1.82, 2.24) is 10.2 Å². The van der Waals surface area contributed by atoms with Crippen molar-refractivity contribution in [2.45, 2.75) is 39.0 Å². The molecule has 1 heterocycles. The van der Waals surface area contributed by atoms with E-state index in [-0.39, 0.29) is 23.7 Å². The predicted octanol–water partition coefficient (Wildman–Crippen LogP) is 2.30. The maximum Gasteiger partial charge on any atom is 0.225 e. The lowest BCUT2D eigenvalue weighted by Crippen LogP contribution is -2.46. The monoisotopic (exact) mass is 314 g/mol. The molecule has 1 aromatic carbocycles. The van der Waals surface area contributed by atoms with Crippen molar-refractivity contribution >= 4 is 11.8 Å². The number of carbonyl (C=O) groups is 2. The minimum absolute atomic E-state index is 0.0386. The summed E-state index contributed by atoms with van der Waals surface area (Å²) in [6.07, 6.45) is 4.75. The summed E-state index contributed by atoms with van der Waals surface area (Å²) < 4.78 is 0. The highest BCUT2D eigenvalue weighted by atomic mass is 16.2. The highest BCUT2D eigenvalue weighted by molar-refractivity contribution is 5.83. The number of carbonyl (C=O) groups excluding carboxylic acids is 2. The summed E-state index contributed by atoms with van der Waals surface area (Å²) in [4.78, 5) is 26.4. The van der Waals surface area contributed by atoms with Crippen molar-refractivity contribution in [1.29, 1.82) is 0 Å². The third-order valence-electron chi connectivity index (χ3n) is 4.99. The fourth-order valence-corrected chi connectivity index (χ4v) is 3.34. The van der Waals surface area contributed by atoms with E-state index < -0.39 is 0 Å². The molecule has 1 aromatic rings. The number of piperidine rings is 1. The Labute approximate surface area is 138 Å². The maximum absolute atomic E-state index is 12.4. The van der Waals surface area contributed by atoms with Crippen LogP contribution in [0.4, 0.5) is 0 Å². The van der Waals surface area contributed by atoms with Gasteiger partial charge in [-0.05, 0) is 50.2 Å². The highest BCUT2D eigenvalue weighted by Crippen LogP contribution is 2.32. The molecule has 2 aliphatic rings. The van der Waals surface area contributed by atoms with Crippen LogP contribution >= 0.6 is 0 Å². The molecule has 3 rings (SSSR count). The van der Waals surface area contributed by atoms with Gasteiger partial charge in [-0.15, -0.1) is 0 Å². The van der Waals surface area contributed by atoms with Crippen LogP contribution in [0.3, 0.4) is 0 Å². The van der Waals surface area contributed by atoms with Gasteiger partial charge in [0, 0.05) is 25.6 Å². The number of nitrogens with one attached hydrogen (secondary N) is 1. The van der Waals surface area contributed by atoms with Gasteiger partial charge < -0.3 is 10.2 Å². The summed E-state index contributed by atoms with van der Waals surface area (Å²) in [5.41, 5.74) is 2.54. The molecular formula is C19H26N2O2. The lowest BCUT2D eigenvalue weighted by Gasteiger charge is -2.32. The molecule has 1 aliphatic carbocycles. The van der Waals surface area contributed by atoms with Crippen molar-refractivity contribution < 1.29 is 9.59 Å². The second kappa shape index (κ2) is 7.16. The van der Waals surface area contributed by atoms with Gasteiger partial charge in [-0.2, -0.15) is 0 Å². The molecule has 4 heteroatoms. The minimum Gasteiger partial charge on any atom is -0.355 e. The summed E-state index contributed by atoms with van der Waals surface area (Å²) in [5, 5.41) is 3.06. The number of aryl methyl sites for hydroxylation is 1. The van der Waals surface area contributed by atoms with Crippen LogP contribution in [-0.4, -0.2) is 36.3 Å². The number of hydrogen-bond donors (Lipinski definition) is 1. The molecule has 1 N–H and O–H groups in total. The predicted molar refractivity (Wildman–Crippen MR) is 89.9 cm³/mol. The summed E-state index contributed by atoms with van der Waals surface area (Å²) in [6, 6.07) is 8.27. The molecule has 1 aliphatic heterocycles. The zero-order chi connectivity index (χ0) is 16.2. The van der Waals surface area contributed by atoms with Gasteiger partial charge in [0.25, 0.3) is 0 Å². The summed E-state index contributed by atoms with van der Waals surface area (Å²) in [5.74, 6) is 0.579. The topological polar surface area (TPSA) is 49.4 Å². The first-order valence-corrected chi connectivity index (χ1v) is 8.76. The SMILES string of the molecule is Cc1ccccc1CCNC(=O)C1CCCN(C(=O)C2CC2)C1. The Hall–Kier alpha value is -1.84. The van der Waals surface area contributed by atoms with Crippen molar-refractivity contribution in [3.63, 3.8) is 0 Å². The van der Waals surface area contributed by atoms with Crippen LogP contribution in [0, 0.1) is 18.8 Å². The van der Waals surface area contributed by atoms with E-state index in [2.05, 4.69) is 24.4 Å². The van der Waals surface area contributed by atoms with Crippen molar-refractivity contribution in [3.05, 3.63) is 35.4 Å². The Kier molecular flexibility index (Phi) is 4.99. The quantitative estimate of drug-likeness (QED) is 0.906. The molecule has 1 unspecified atom stereocenters. The minimum atomic E-state index is -0.0386. The van der Waals surface area contributed by atoms with E-state index in [0.29, 0.717) is 13.1 Å². The molecule has 1 saturated carbocycles. The fourth-order valence-electron chi connectivity index (χ4n) is 3.34. The van der Waals surface area contributed by atoms with E-state index in [4.69, 9.17) is 0 Å². The molecule has 0 radical (unpaired) electrons. The van der Waals surface area contributed by atoms with Crippen LogP contribution in [0.5, 0.6) is 0 Å². The Morgan fingerprint density at radius 2 is 1.96 bits per heavy atom. The number of amides is 2. The molecule has 4 nitrogen and oxygen atoms in total. The van der Waals surface area contributed by atoms with Crippen LogP contribution in [0.1, 0.15) is 36.8 Å². The van der Waals surface area contributed by atoms with E-state index in [0.717, 1.165) is 38.6 Å². The zero-order valence-corrected chi connectivity index (χ0v) is 13.9. The molecular weight excluding hydrogens is 288 g/mol. The van der Waals surface area contributed by atoms with Crippen molar-refractivity contribution in [2.24, 2.45) is 11.8 Å². The fraction of sp³-hybridized carbons (Fsp3) is 0.579. The number of likely N-dealkylation sites (tertiary alicyclic amines) is 1. The Bertz CT molecular complexity index is 580. The van der Waals surface area contributed by atoms with E-state index >= 15 is 0 Å². The van der Waals surface area contributed by atoms with Gasteiger partial charge in [-0.1, -0.05) is 24.3 Å². The van der Waals surface area contributed by atoms with Gasteiger partial charge in [0.05, 0.1) is 5.92 Å². The first kappa shape index (κ1) is 16.0. The smallest absolute Gasteiger partial charge is 0.225 e. The van der Waals surface area contributed by atoms with Crippen LogP contribution in [-0.2, 0) is 16.0 Å². The average molecular weight is 314 g/mol. The number of hydrogen-bond acceptors (Lipinski definition) is 2. The second-order valence-corrected chi connectivity index (χ2v) is 6.87. The van der Waals surface area contributed by atoms with Crippen LogP contribution in [0.15, 0.2) is 24.3 Å². The molecule has 2 fully saturated rings. The number of benzene rings is 1. The van der Waals surface area contributed by atoms with E-state index in [9.17, 15) is 9.59 Å². The lowest BCUT2D eigenvalue weighted by atomic mass is 9.96. The van der Waals surface area contributed by atoms with Gasteiger partial charge in [-0.3, -0.25) is 9.59 Å². The Morgan fingerprint density at radius 3 is 2.70 bits per heavy atom. The first-order valence-electron chi connectivity index (χ1n) is 8.76. The molecule has 0 spiro atoms. The van der Waals surface area contributed by atoms with Crippen LogP contribution in [0.25, 0.3) is 0 Å². The van der Waals surface area contributed by atoms with E-state index in [1.807, 2.05) is 17.0 Å².